The molecule has 0 N–H and O–H groups in total. The largest absolute Gasteiger partial charge is 0.416 e. The first-order valence-corrected chi connectivity index (χ1v) is 9.37. The highest BCUT2D eigenvalue weighted by Gasteiger charge is 2.31. The van der Waals surface area contributed by atoms with E-state index in [1.165, 1.54) is 42.7 Å². The second-order valence-electron chi connectivity index (χ2n) is 7.11. The minimum Gasteiger partial charge on any atom is -0.348 e. The molecule has 1 aromatic carbocycles. The van der Waals surface area contributed by atoms with E-state index in [4.69, 9.17) is 0 Å². The molecule has 1 aromatic heterocycles. The minimum atomic E-state index is -4.30. The summed E-state index contributed by atoms with van der Waals surface area (Å²) in [6, 6.07) is 3.83. The van der Waals surface area contributed by atoms with Crippen molar-refractivity contribution in [1.82, 2.24) is 4.98 Å². The molecule has 0 radical (unpaired) electrons. The van der Waals surface area contributed by atoms with Gasteiger partial charge in [-0.15, -0.1) is 0 Å². The first kappa shape index (κ1) is 17.5. The number of fused-ring (bicyclic) bond motifs is 1. The molecule has 1 saturated heterocycles. The van der Waals surface area contributed by atoms with Crippen LogP contribution in [0.1, 0.15) is 45.1 Å². The van der Waals surface area contributed by atoms with Crippen molar-refractivity contribution in [2.24, 2.45) is 11.8 Å². The van der Waals surface area contributed by atoms with E-state index in [1.807, 2.05) is 0 Å². The summed E-state index contributed by atoms with van der Waals surface area (Å²) in [5, 5.41) is 0.861. The molecule has 0 amide bonds. The van der Waals surface area contributed by atoms with Crippen molar-refractivity contribution in [2.75, 3.05) is 18.0 Å². The number of halogens is 3. The molecule has 6 heteroatoms. The van der Waals surface area contributed by atoms with Gasteiger partial charge in [0, 0.05) is 13.1 Å². The Morgan fingerprint density at radius 1 is 1.29 bits per heavy atom. The SMILES string of the molecule is CC(C)C[C@H]1CCCCN(c2nc3ccc(C(F)(F)F)cc3s2)C1. The molecule has 24 heavy (non-hydrogen) atoms. The summed E-state index contributed by atoms with van der Waals surface area (Å²) in [7, 11) is 0. The van der Waals surface area contributed by atoms with Gasteiger partial charge in [-0.3, -0.25) is 0 Å². The summed E-state index contributed by atoms with van der Waals surface area (Å²) in [6.07, 6.45) is 0.468. The van der Waals surface area contributed by atoms with Crippen LogP contribution >= 0.6 is 11.3 Å². The standard InChI is InChI=1S/C18H23F3N2S/c1-12(2)9-13-5-3-4-8-23(11-13)17-22-15-7-6-14(18(19,20)21)10-16(15)24-17/h6-7,10,12-13H,3-5,8-9,11H2,1-2H3/t13-/m1/s1. The second-order valence-corrected chi connectivity index (χ2v) is 8.12. The highest BCUT2D eigenvalue weighted by atomic mass is 32.1. The van der Waals surface area contributed by atoms with E-state index in [0.29, 0.717) is 22.1 Å². The maximum atomic E-state index is 12.9. The third-order valence-corrected chi connectivity index (χ3v) is 5.63. The summed E-state index contributed by atoms with van der Waals surface area (Å²) in [4.78, 5) is 6.87. The Labute approximate surface area is 144 Å². The van der Waals surface area contributed by atoms with Gasteiger partial charge in [-0.25, -0.2) is 4.98 Å². The molecule has 0 bridgehead atoms. The van der Waals surface area contributed by atoms with E-state index >= 15 is 0 Å². The molecule has 1 atom stereocenters. The molecule has 2 nitrogen and oxygen atoms in total. The van der Waals surface area contributed by atoms with Crippen LogP contribution < -0.4 is 4.90 Å². The van der Waals surface area contributed by atoms with Crippen LogP contribution in [0.3, 0.4) is 0 Å². The van der Waals surface area contributed by atoms with Crippen molar-refractivity contribution in [2.45, 2.75) is 45.7 Å². The van der Waals surface area contributed by atoms with Crippen molar-refractivity contribution in [3.05, 3.63) is 23.8 Å². The third kappa shape index (κ3) is 4.02. The first-order chi connectivity index (χ1) is 11.3. The van der Waals surface area contributed by atoms with Gasteiger partial charge in [-0.1, -0.05) is 31.6 Å². The summed E-state index contributed by atoms with van der Waals surface area (Å²) >= 11 is 1.38. The highest BCUT2D eigenvalue weighted by molar-refractivity contribution is 7.22. The average molecular weight is 356 g/mol. The Kier molecular flexibility index (Phi) is 5.04. The summed E-state index contributed by atoms with van der Waals surface area (Å²) in [6.45, 7) is 6.39. The van der Waals surface area contributed by atoms with E-state index in [9.17, 15) is 13.2 Å². The van der Waals surface area contributed by atoms with Crippen LogP contribution in [0.15, 0.2) is 18.2 Å². The lowest BCUT2D eigenvalue weighted by molar-refractivity contribution is -0.137. The average Bonchev–Trinajstić information content (AvgIpc) is 2.78. The fourth-order valence-electron chi connectivity index (χ4n) is 3.49. The molecule has 1 aliphatic rings. The van der Waals surface area contributed by atoms with Crippen molar-refractivity contribution >= 4 is 26.7 Å². The molecule has 1 fully saturated rings. The van der Waals surface area contributed by atoms with Gasteiger partial charge in [-0.2, -0.15) is 13.2 Å². The van der Waals surface area contributed by atoms with Gasteiger partial charge < -0.3 is 4.90 Å². The smallest absolute Gasteiger partial charge is 0.348 e. The molecule has 2 heterocycles. The Hall–Kier alpha value is -1.30. The van der Waals surface area contributed by atoms with Crippen LogP contribution in [0.5, 0.6) is 0 Å². The molecule has 0 spiro atoms. The number of alkyl halides is 3. The van der Waals surface area contributed by atoms with Crippen LogP contribution in [0.25, 0.3) is 10.2 Å². The molecule has 132 valence electrons. The monoisotopic (exact) mass is 356 g/mol. The van der Waals surface area contributed by atoms with Crippen molar-refractivity contribution in [3.8, 4) is 0 Å². The predicted molar refractivity (Wildman–Crippen MR) is 93.6 cm³/mol. The normalized spacial score (nSPS) is 19.9. The van der Waals surface area contributed by atoms with E-state index in [-0.39, 0.29) is 0 Å². The zero-order chi connectivity index (χ0) is 17.3. The zero-order valence-electron chi connectivity index (χ0n) is 14.1. The van der Waals surface area contributed by atoms with Gasteiger partial charge >= 0.3 is 6.18 Å². The van der Waals surface area contributed by atoms with E-state index in [2.05, 4.69) is 23.7 Å². The van der Waals surface area contributed by atoms with Gasteiger partial charge in [0.25, 0.3) is 0 Å². The molecule has 0 saturated carbocycles. The van der Waals surface area contributed by atoms with Crippen molar-refractivity contribution in [3.63, 3.8) is 0 Å². The number of nitrogens with zero attached hydrogens (tertiary/aromatic N) is 2. The van der Waals surface area contributed by atoms with Gasteiger partial charge in [0.05, 0.1) is 15.8 Å². The summed E-state index contributed by atoms with van der Waals surface area (Å²) < 4.78 is 39.2. The fourth-order valence-corrected chi connectivity index (χ4v) is 4.53. The lowest BCUT2D eigenvalue weighted by Gasteiger charge is -2.24. The highest BCUT2D eigenvalue weighted by Crippen LogP contribution is 2.36. The van der Waals surface area contributed by atoms with E-state index < -0.39 is 11.7 Å². The molecule has 0 unspecified atom stereocenters. The molecule has 2 aromatic rings. The zero-order valence-corrected chi connectivity index (χ0v) is 14.9. The lowest BCUT2D eigenvalue weighted by Crippen LogP contribution is -2.28. The van der Waals surface area contributed by atoms with Gasteiger partial charge in [0.2, 0.25) is 0 Å². The summed E-state index contributed by atoms with van der Waals surface area (Å²) in [5.41, 5.74) is 0.0615. The molecule has 0 aliphatic carbocycles. The van der Waals surface area contributed by atoms with Crippen LogP contribution in [0.4, 0.5) is 18.3 Å². The van der Waals surface area contributed by atoms with Crippen LogP contribution in [0, 0.1) is 11.8 Å². The third-order valence-electron chi connectivity index (χ3n) is 4.55. The Balaban J connectivity index is 1.85. The Bertz CT molecular complexity index is 693. The maximum Gasteiger partial charge on any atom is 0.416 e. The number of thiazole rings is 1. The molecule has 3 rings (SSSR count). The maximum absolute atomic E-state index is 12.9. The predicted octanol–water partition coefficient (Wildman–Crippen LogP) is 5.97. The fraction of sp³-hybridized carbons (Fsp3) is 0.611. The van der Waals surface area contributed by atoms with E-state index in [1.54, 1.807) is 0 Å². The topological polar surface area (TPSA) is 16.1 Å². The van der Waals surface area contributed by atoms with Crippen LogP contribution in [0.2, 0.25) is 0 Å². The van der Waals surface area contributed by atoms with Crippen molar-refractivity contribution in [1.29, 1.82) is 0 Å². The number of hydrogen-bond donors (Lipinski definition) is 0. The first-order valence-electron chi connectivity index (χ1n) is 8.55. The van der Waals surface area contributed by atoms with Gasteiger partial charge in [0.15, 0.2) is 5.13 Å². The number of benzene rings is 1. The van der Waals surface area contributed by atoms with Gasteiger partial charge in [-0.05, 0) is 49.3 Å². The molecular weight excluding hydrogens is 333 g/mol. The number of hydrogen-bond acceptors (Lipinski definition) is 3. The Morgan fingerprint density at radius 2 is 2.08 bits per heavy atom. The lowest BCUT2D eigenvalue weighted by atomic mass is 9.93. The molecule has 1 aliphatic heterocycles. The summed E-state index contributed by atoms with van der Waals surface area (Å²) in [5.74, 6) is 1.31. The molecular formula is C18H23F3N2S. The Morgan fingerprint density at radius 3 is 2.79 bits per heavy atom. The second kappa shape index (κ2) is 6.90. The number of anilines is 1. The van der Waals surface area contributed by atoms with Crippen LogP contribution in [-0.4, -0.2) is 18.1 Å². The van der Waals surface area contributed by atoms with E-state index in [0.717, 1.165) is 30.7 Å². The van der Waals surface area contributed by atoms with Gasteiger partial charge in [0.1, 0.15) is 0 Å². The van der Waals surface area contributed by atoms with Crippen molar-refractivity contribution < 1.29 is 13.2 Å². The van der Waals surface area contributed by atoms with Crippen LogP contribution in [-0.2, 0) is 6.18 Å². The minimum absolute atomic E-state index is 0.598. The number of rotatable bonds is 3. The quantitative estimate of drug-likeness (QED) is 0.674. The number of aromatic nitrogens is 1.